The molecule has 0 bridgehead atoms. The minimum Gasteiger partial charge on any atom is -0.486 e. The summed E-state index contributed by atoms with van der Waals surface area (Å²) in [5, 5.41) is 0. The van der Waals surface area contributed by atoms with Gasteiger partial charge in [0.2, 0.25) is 0 Å². The SMILES string of the molecule is O=c1[nH]c(-c2ccc(C(F)(F)F)cc2)nc2c1CCN(Cc1ccc3c(c1)OCCO3)C2. The number of hydrogen-bond acceptors (Lipinski definition) is 5. The molecule has 166 valence electrons. The van der Waals surface area contributed by atoms with Crippen molar-refractivity contribution in [2.75, 3.05) is 19.8 Å². The first-order valence-electron chi connectivity index (χ1n) is 10.3. The van der Waals surface area contributed by atoms with Crippen LogP contribution in [-0.2, 0) is 25.7 Å². The van der Waals surface area contributed by atoms with Gasteiger partial charge in [-0.2, -0.15) is 13.2 Å². The molecule has 32 heavy (non-hydrogen) atoms. The topological polar surface area (TPSA) is 67.5 Å². The molecule has 0 saturated heterocycles. The van der Waals surface area contributed by atoms with Crippen LogP contribution in [0.15, 0.2) is 47.3 Å². The van der Waals surface area contributed by atoms with Gasteiger partial charge < -0.3 is 14.5 Å². The van der Waals surface area contributed by atoms with E-state index in [-0.39, 0.29) is 11.4 Å². The van der Waals surface area contributed by atoms with Crippen molar-refractivity contribution in [3.8, 4) is 22.9 Å². The van der Waals surface area contributed by atoms with Gasteiger partial charge in [0.15, 0.2) is 11.5 Å². The van der Waals surface area contributed by atoms with Crippen molar-refractivity contribution >= 4 is 0 Å². The number of rotatable bonds is 3. The molecule has 2 aliphatic rings. The molecule has 0 unspecified atom stereocenters. The maximum atomic E-state index is 12.8. The van der Waals surface area contributed by atoms with Crippen molar-refractivity contribution < 1.29 is 22.6 Å². The third kappa shape index (κ3) is 4.08. The number of H-pyrrole nitrogens is 1. The molecule has 0 saturated carbocycles. The van der Waals surface area contributed by atoms with Crippen LogP contribution < -0.4 is 15.0 Å². The predicted molar refractivity (Wildman–Crippen MR) is 111 cm³/mol. The van der Waals surface area contributed by atoms with E-state index in [0.29, 0.717) is 56.1 Å². The van der Waals surface area contributed by atoms with Crippen LogP contribution in [0.5, 0.6) is 11.5 Å². The average Bonchev–Trinajstić information content (AvgIpc) is 2.78. The zero-order valence-corrected chi connectivity index (χ0v) is 17.0. The summed E-state index contributed by atoms with van der Waals surface area (Å²) in [4.78, 5) is 22.0. The molecule has 3 aromatic rings. The quantitative estimate of drug-likeness (QED) is 0.667. The van der Waals surface area contributed by atoms with Crippen molar-refractivity contribution in [3.63, 3.8) is 0 Å². The minimum atomic E-state index is -4.41. The Kier molecular flexibility index (Phi) is 5.13. The Balaban J connectivity index is 1.37. The summed E-state index contributed by atoms with van der Waals surface area (Å²) in [6.07, 6.45) is -3.86. The van der Waals surface area contributed by atoms with Gasteiger partial charge in [-0.1, -0.05) is 18.2 Å². The maximum absolute atomic E-state index is 12.8. The number of nitrogens with one attached hydrogen (secondary N) is 1. The summed E-state index contributed by atoms with van der Waals surface area (Å²) in [6, 6.07) is 10.5. The Labute approximate surface area is 181 Å². The highest BCUT2D eigenvalue weighted by Gasteiger charge is 2.30. The van der Waals surface area contributed by atoms with E-state index < -0.39 is 11.7 Å². The summed E-state index contributed by atoms with van der Waals surface area (Å²) in [5.41, 5.74) is 1.77. The van der Waals surface area contributed by atoms with Crippen molar-refractivity contribution in [1.82, 2.24) is 14.9 Å². The normalized spacial score (nSPS) is 16.0. The lowest BCUT2D eigenvalue weighted by atomic mass is 10.0. The van der Waals surface area contributed by atoms with E-state index in [4.69, 9.17) is 9.47 Å². The molecule has 5 rings (SSSR count). The summed E-state index contributed by atoms with van der Waals surface area (Å²) in [5.74, 6) is 1.73. The van der Waals surface area contributed by atoms with Gasteiger partial charge in [-0.05, 0) is 36.2 Å². The fraction of sp³-hybridized carbons (Fsp3) is 0.304. The lowest BCUT2D eigenvalue weighted by Gasteiger charge is -2.28. The van der Waals surface area contributed by atoms with Crippen LogP contribution in [0.2, 0.25) is 0 Å². The number of fused-ring (bicyclic) bond motifs is 2. The van der Waals surface area contributed by atoms with E-state index in [2.05, 4.69) is 14.9 Å². The van der Waals surface area contributed by atoms with Crippen molar-refractivity contribution in [1.29, 1.82) is 0 Å². The smallest absolute Gasteiger partial charge is 0.416 e. The molecule has 0 fully saturated rings. The second-order valence-corrected chi connectivity index (χ2v) is 7.85. The zero-order chi connectivity index (χ0) is 22.3. The highest BCUT2D eigenvalue weighted by atomic mass is 19.4. The Bertz CT molecular complexity index is 1210. The summed E-state index contributed by atoms with van der Waals surface area (Å²) < 4.78 is 49.7. The number of alkyl halides is 3. The van der Waals surface area contributed by atoms with Crippen molar-refractivity contribution in [2.24, 2.45) is 0 Å². The van der Waals surface area contributed by atoms with Crippen LogP contribution in [0.4, 0.5) is 13.2 Å². The summed E-state index contributed by atoms with van der Waals surface area (Å²) in [7, 11) is 0. The Hall–Kier alpha value is -3.33. The Morgan fingerprint density at radius 2 is 1.78 bits per heavy atom. The molecule has 0 radical (unpaired) electrons. The van der Waals surface area contributed by atoms with Crippen LogP contribution in [0.3, 0.4) is 0 Å². The molecule has 1 aromatic heterocycles. The van der Waals surface area contributed by atoms with Gasteiger partial charge in [-0.25, -0.2) is 4.98 Å². The van der Waals surface area contributed by atoms with E-state index in [0.717, 1.165) is 29.2 Å². The second-order valence-electron chi connectivity index (χ2n) is 7.85. The van der Waals surface area contributed by atoms with Crippen LogP contribution >= 0.6 is 0 Å². The van der Waals surface area contributed by atoms with E-state index in [1.807, 2.05) is 18.2 Å². The molecule has 1 N–H and O–H groups in total. The monoisotopic (exact) mass is 443 g/mol. The third-order valence-corrected chi connectivity index (χ3v) is 5.65. The van der Waals surface area contributed by atoms with Gasteiger partial charge in [0.25, 0.3) is 5.56 Å². The fourth-order valence-corrected chi connectivity index (χ4v) is 4.03. The number of halogens is 3. The zero-order valence-electron chi connectivity index (χ0n) is 17.0. The Morgan fingerprint density at radius 3 is 2.53 bits per heavy atom. The Morgan fingerprint density at radius 1 is 1.03 bits per heavy atom. The highest BCUT2D eigenvalue weighted by Crippen LogP contribution is 2.32. The van der Waals surface area contributed by atoms with E-state index in [1.54, 1.807) is 0 Å². The molecule has 3 heterocycles. The van der Waals surface area contributed by atoms with Gasteiger partial charge >= 0.3 is 6.18 Å². The van der Waals surface area contributed by atoms with Gasteiger partial charge in [-0.3, -0.25) is 9.69 Å². The lowest BCUT2D eigenvalue weighted by Crippen LogP contribution is -2.35. The van der Waals surface area contributed by atoms with Gasteiger partial charge in [0.1, 0.15) is 19.0 Å². The first-order valence-corrected chi connectivity index (χ1v) is 10.3. The number of aromatic nitrogens is 2. The molecule has 2 aromatic carbocycles. The van der Waals surface area contributed by atoms with E-state index in [1.165, 1.54) is 12.1 Å². The fourth-order valence-electron chi connectivity index (χ4n) is 4.03. The number of benzene rings is 2. The molecule has 0 amide bonds. The van der Waals surface area contributed by atoms with Crippen LogP contribution in [0, 0.1) is 0 Å². The van der Waals surface area contributed by atoms with Crippen molar-refractivity contribution in [3.05, 3.63) is 75.2 Å². The first-order chi connectivity index (χ1) is 15.4. The molecule has 0 spiro atoms. The molecule has 0 atom stereocenters. The predicted octanol–water partition coefficient (Wildman–Crippen LogP) is 3.79. The molecule has 2 aliphatic heterocycles. The summed E-state index contributed by atoms with van der Waals surface area (Å²) in [6.45, 7) is 2.89. The average molecular weight is 443 g/mol. The molecule has 9 heteroatoms. The van der Waals surface area contributed by atoms with Gasteiger partial charge in [0.05, 0.1) is 11.3 Å². The number of hydrogen-bond donors (Lipinski definition) is 1. The minimum absolute atomic E-state index is 0.246. The number of aromatic amines is 1. The second kappa shape index (κ2) is 7.98. The lowest BCUT2D eigenvalue weighted by molar-refractivity contribution is -0.137. The molecule has 0 aliphatic carbocycles. The molecular formula is C23H20F3N3O3. The maximum Gasteiger partial charge on any atom is 0.416 e. The van der Waals surface area contributed by atoms with Crippen LogP contribution in [-0.4, -0.2) is 34.6 Å². The van der Waals surface area contributed by atoms with Crippen LogP contribution in [0.1, 0.15) is 22.4 Å². The van der Waals surface area contributed by atoms with E-state index in [9.17, 15) is 18.0 Å². The number of nitrogens with zero attached hydrogens (tertiary/aromatic N) is 2. The van der Waals surface area contributed by atoms with E-state index >= 15 is 0 Å². The molecule has 6 nitrogen and oxygen atoms in total. The number of ether oxygens (including phenoxy) is 2. The van der Waals surface area contributed by atoms with Crippen LogP contribution in [0.25, 0.3) is 11.4 Å². The first kappa shape index (κ1) is 20.6. The van der Waals surface area contributed by atoms with Gasteiger partial charge in [0, 0.05) is 30.8 Å². The third-order valence-electron chi connectivity index (χ3n) is 5.65. The van der Waals surface area contributed by atoms with Gasteiger partial charge in [-0.15, -0.1) is 0 Å². The largest absolute Gasteiger partial charge is 0.486 e. The summed E-state index contributed by atoms with van der Waals surface area (Å²) >= 11 is 0. The standard InChI is InChI=1S/C23H20F3N3O3/c24-23(25,26)16-4-2-15(3-5-16)21-27-18-13-29(8-7-17(18)22(30)28-21)12-14-1-6-19-20(11-14)32-10-9-31-19/h1-6,11H,7-10,12-13H2,(H,27,28,30). The molecular weight excluding hydrogens is 423 g/mol. The van der Waals surface area contributed by atoms with Crippen molar-refractivity contribution in [2.45, 2.75) is 25.7 Å². The highest BCUT2D eigenvalue weighted by molar-refractivity contribution is 5.56.